The van der Waals surface area contributed by atoms with Crippen molar-refractivity contribution in [3.63, 3.8) is 0 Å². The molecule has 6 atom stereocenters. The molecular formula is C52H43ClF10N8O6S2. The first-order valence-corrected chi connectivity index (χ1v) is 27.2. The number of ketones is 2. The van der Waals surface area contributed by atoms with Crippen LogP contribution in [-0.2, 0) is 53.9 Å². The predicted molar refractivity (Wildman–Crippen MR) is 266 cm³/mol. The highest BCUT2D eigenvalue weighted by Gasteiger charge is 2.52. The molecule has 416 valence electrons. The van der Waals surface area contributed by atoms with Crippen LogP contribution in [0.15, 0.2) is 120 Å². The first-order valence-electron chi connectivity index (χ1n) is 23.4. The van der Waals surface area contributed by atoms with E-state index >= 15 is 0 Å². The third kappa shape index (κ3) is 15.5. The van der Waals surface area contributed by atoms with Crippen molar-refractivity contribution in [2.45, 2.75) is 111 Å². The molecule has 0 amide bonds. The summed E-state index contributed by atoms with van der Waals surface area (Å²) in [6, 6.07) is 12.8. The highest BCUT2D eigenvalue weighted by molar-refractivity contribution is 8.13. The van der Waals surface area contributed by atoms with Crippen LogP contribution in [0.3, 0.4) is 0 Å². The summed E-state index contributed by atoms with van der Waals surface area (Å²) in [5, 5.41) is 3.09. The molecule has 0 saturated carbocycles. The zero-order chi connectivity index (χ0) is 58.2. The lowest BCUT2D eigenvalue weighted by molar-refractivity contribution is -0.145. The fourth-order valence-corrected chi connectivity index (χ4v) is 11.1. The molecule has 27 heteroatoms. The smallest absolute Gasteiger partial charge is 0.312 e. The van der Waals surface area contributed by atoms with Crippen molar-refractivity contribution in [3.05, 3.63) is 179 Å². The van der Waals surface area contributed by atoms with E-state index in [2.05, 4.69) is 34.9 Å². The molecule has 2 saturated heterocycles. The van der Waals surface area contributed by atoms with Crippen LogP contribution in [0.25, 0.3) is 31.9 Å². The number of sulfonamides is 1. The van der Waals surface area contributed by atoms with Crippen molar-refractivity contribution < 1.29 is 70.3 Å². The van der Waals surface area contributed by atoms with Gasteiger partial charge in [0.05, 0.1) is 34.0 Å². The summed E-state index contributed by atoms with van der Waals surface area (Å²) >= 11 is 0. The second-order valence-electron chi connectivity index (χ2n) is 17.9. The number of hydrogen-bond acceptors (Lipinski definition) is 11. The molecule has 4 aromatic carbocycles. The molecular weight excluding hydrogens is 1120 g/mol. The summed E-state index contributed by atoms with van der Waals surface area (Å²) in [6.45, 7) is 17.9. The number of halogens is 11. The number of alkyl halides is 6. The molecule has 0 bridgehead atoms. The van der Waals surface area contributed by atoms with Gasteiger partial charge in [-0.15, -0.1) is 0 Å². The number of benzene rings is 4. The van der Waals surface area contributed by atoms with E-state index in [0.29, 0.717) is 23.1 Å². The lowest BCUT2D eigenvalue weighted by Crippen LogP contribution is -2.44. The molecule has 2 aromatic heterocycles. The van der Waals surface area contributed by atoms with E-state index in [1.165, 1.54) is 37.3 Å². The Morgan fingerprint density at radius 2 is 1.04 bits per heavy atom. The number of carbonyl (C=O) groups excluding carboxylic acids is 2. The number of hydrogen-bond donors (Lipinski definition) is 1. The van der Waals surface area contributed by atoms with Crippen LogP contribution in [0.1, 0.15) is 62.3 Å². The summed E-state index contributed by atoms with van der Waals surface area (Å²) in [6.07, 6.45) is -5.11. The molecule has 2 fully saturated rings. The van der Waals surface area contributed by atoms with Gasteiger partial charge in [0.15, 0.2) is 5.78 Å². The molecule has 0 unspecified atom stereocenters. The van der Waals surface area contributed by atoms with Crippen LogP contribution in [-0.4, -0.2) is 88.9 Å². The van der Waals surface area contributed by atoms with E-state index in [1.807, 2.05) is 6.92 Å². The number of carbonyl (C=O) groups is 2. The van der Waals surface area contributed by atoms with Gasteiger partial charge < -0.3 is 9.69 Å². The Morgan fingerprint density at radius 1 is 0.620 bits per heavy atom. The zero-order valence-corrected chi connectivity index (χ0v) is 43.5. The van der Waals surface area contributed by atoms with E-state index in [1.54, 1.807) is 0 Å². The summed E-state index contributed by atoms with van der Waals surface area (Å²) in [5.41, 5.74) is 1.68. The average molecular weight is 1170 g/mol. The van der Waals surface area contributed by atoms with Gasteiger partial charge in [-0.25, -0.2) is 67.5 Å². The quantitative estimate of drug-likeness (QED) is 0.0661. The normalized spacial score (nSPS) is 19.5. The fraction of sp³-hybridized carbons (Fsp3) is 0.308. The van der Waals surface area contributed by atoms with Crippen molar-refractivity contribution in [1.29, 1.82) is 0 Å². The molecule has 14 nitrogen and oxygen atoms in total. The first-order chi connectivity index (χ1) is 37.0. The zero-order valence-electron chi connectivity index (χ0n) is 41.2. The van der Waals surface area contributed by atoms with Gasteiger partial charge in [-0.1, -0.05) is 12.1 Å². The van der Waals surface area contributed by atoms with Crippen LogP contribution >= 0.6 is 10.7 Å². The number of aromatic nitrogens is 4. The lowest BCUT2D eigenvalue weighted by Gasteiger charge is -2.26. The van der Waals surface area contributed by atoms with Gasteiger partial charge in [0.2, 0.25) is 33.8 Å². The van der Waals surface area contributed by atoms with Crippen molar-refractivity contribution in [3.8, 4) is 22.3 Å². The number of nitrogens with zero attached hydrogens (tertiary/aromatic N) is 7. The van der Waals surface area contributed by atoms with Gasteiger partial charge in [-0.3, -0.25) is 14.9 Å². The maximum absolute atomic E-state index is 14.6. The number of nitrogens with one attached hydrogen (secondary N) is 1. The molecule has 2 aliphatic rings. The number of rotatable bonds is 13. The van der Waals surface area contributed by atoms with Gasteiger partial charge >= 0.3 is 12.4 Å². The Morgan fingerprint density at radius 3 is 1.43 bits per heavy atom. The van der Waals surface area contributed by atoms with Gasteiger partial charge in [-0.05, 0) is 122 Å². The fourth-order valence-electron chi connectivity index (χ4n) is 8.46. The van der Waals surface area contributed by atoms with Crippen LogP contribution in [0.4, 0.5) is 43.9 Å². The highest BCUT2D eigenvalue weighted by atomic mass is 35.7. The predicted octanol–water partition coefficient (Wildman–Crippen LogP) is 10.7. The molecule has 0 spiro atoms. The minimum atomic E-state index is -4.71. The average Bonchev–Trinajstić information content (AvgIpc) is 4.19. The van der Waals surface area contributed by atoms with E-state index in [4.69, 9.17) is 23.8 Å². The van der Waals surface area contributed by atoms with Crippen LogP contribution in [0.5, 0.6) is 0 Å². The van der Waals surface area contributed by atoms with E-state index in [9.17, 15) is 70.3 Å². The van der Waals surface area contributed by atoms with Crippen molar-refractivity contribution in [1.82, 2.24) is 29.6 Å². The van der Waals surface area contributed by atoms with E-state index in [-0.39, 0.29) is 76.5 Å². The molecule has 4 heterocycles. The second kappa shape index (κ2) is 25.3. The Labute approximate surface area is 451 Å². The van der Waals surface area contributed by atoms with Crippen molar-refractivity contribution >= 4 is 41.3 Å². The highest BCUT2D eigenvalue weighted by Crippen LogP contribution is 2.35. The van der Waals surface area contributed by atoms with Gasteiger partial charge in [0, 0.05) is 72.3 Å². The summed E-state index contributed by atoms with van der Waals surface area (Å²) in [5.74, 6) is -5.47. The second-order valence-corrected chi connectivity index (χ2v) is 22.3. The van der Waals surface area contributed by atoms with Crippen LogP contribution < -0.4 is 5.32 Å². The van der Waals surface area contributed by atoms with E-state index < -0.39 is 96.3 Å². The van der Waals surface area contributed by atoms with Crippen LogP contribution in [0.2, 0.25) is 0 Å². The Hall–Kier alpha value is -7.23. The van der Waals surface area contributed by atoms with Crippen molar-refractivity contribution in [2.75, 3.05) is 0 Å². The van der Waals surface area contributed by atoms with Gasteiger partial charge in [-0.2, -0.15) is 30.6 Å². The minimum Gasteiger partial charge on any atom is -0.312 e. The van der Waals surface area contributed by atoms with Gasteiger partial charge in [0.1, 0.15) is 29.1 Å². The maximum Gasteiger partial charge on any atom is 0.451 e. The largest absolute Gasteiger partial charge is 0.451 e. The third-order valence-electron chi connectivity index (χ3n) is 12.7. The topological polar surface area (TPSA) is 178 Å². The Kier molecular flexibility index (Phi) is 19.5. The monoisotopic (exact) mass is 1160 g/mol. The molecule has 6 aromatic rings. The Balaban J connectivity index is 0.000000220. The summed E-state index contributed by atoms with van der Waals surface area (Å²) < 4.78 is 179. The maximum atomic E-state index is 14.6. The van der Waals surface area contributed by atoms with Crippen molar-refractivity contribution in [2.24, 2.45) is 0 Å². The number of aryl methyl sites for hydroxylation is 2. The third-order valence-corrected chi connectivity index (χ3v) is 16.1. The summed E-state index contributed by atoms with van der Waals surface area (Å²) in [7, 11) is -3.01. The Bertz CT molecular complexity index is 3480. The minimum absolute atomic E-state index is 0.0463. The molecule has 0 radical (unpaired) electrons. The molecule has 8 rings (SSSR count). The molecule has 79 heavy (non-hydrogen) atoms. The van der Waals surface area contributed by atoms with Gasteiger partial charge in [0.25, 0.3) is 9.05 Å². The lowest BCUT2D eigenvalue weighted by atomic mass is 9.98. The van der Waals surface area contributed by atoms with Crippen LogP contribution in [0, 0.1) is 36.4 Å². The number of Topliss-reactive ketones (excluding diaryl/α,β-unsaturated/α-hetero) is 2. The molecule has 0 aliphatic carbocycles. The standard InChI is InChI=1S/C26H21F5N4O3S.C20H18F4N4O.C6H4ClFO2S/c1-15-22(32-2)12-23(35(15)39(37,38)20-7-5-19(27)6-8-20)24(36)10-4-17-11-16(3-9-21(17)28)18-13-33-25(34-14-18)26(29,30)31;1-11-16(25-2)8-17(28-11)18(29)6-4-13-7-12(3-5-15(13)21)14-9-26-19(27-10-14)20(22,23)24;7-11(9,10)6-3-1-5(8)2-4-6/h3,5-9,11,13-15,22-23H,4,10,12H2,1H3;3,5,7,9-11,16-17,28H,4,6,8H2,1H3;1-4H/t15-,22+,23-;11-,16+,17-;/m00./s1. The SMILES string of the molecule is O=S(=O)(Cl)c1ccc(F)cc1.[C-]#[N+][C@@H]1C[C@@H](C(=O)CCc2cc(-c3cnc(C(F)(F)F)nc3)ccc2F)N(S(=O)(=O)c2ccc(F)cc2)[C@H]1C.[C-]#[N+][C@@H]1C[C@@H](C(=O)CCc2cc(-c3cnc(C(F)(F)F)nc3)ccc2F)N[C@H]1C. The molecule has 2 aliphatic heterocycles. The van der Waals surface area contributed by atoms with E-state index in [0.717, 1.165) is 83.7 Å². The first kappa shape index (κ1) is 61.0. The molecule has 1 N–H and O–H groups in total. The summed E-state index contributed by atoms with van der Waals surface area (Å²) in [4.78, 5) is 45.5.